The largest absolute Gasteiger partial charge is 0.355 e. The van der Waals surface area contributed by atoms with Gasteiger partial charge in [-0.25, -0.2) is 8.42 Å². The molecule has 138 valence electrons. The van der Waals surface area contributed by atoms with Crippen LogP contribution >= 0.6 is 24.2 Å². The summed E-state index contributed by atoms with van der Waals surface area (Å²) in [4.78, 5) is 13.1. The normalized spacial score (nSPS) is 12.3. The SMILES string of the molecule is CCCS(=O)(=O)c1ccccc1SC(C)C(=O)NCCCNC.Cl. The van der Waals surface area contributed by atoms with Crippen molar-refractivity contribution in [3.63, 3.8) is 0 Å². The van der Waals surface area contributed by atoms with Gasteiger partial charge in [-0.15, -0.1) is 24.2 Å². The molecular formula is C16H27ClN2O3S2. The minimum atomic E-state index is -3.30. The summed E-state index contributed by atoms with van der Waals surface area (Å²) in [6, 6.07) is 6.89. The van der Waals surface area contributed by atoms with Gasteiger partial charge in [-0.05, 0) is 45.5 Å². The molecule has 1 unspecified atom stereocenters. The van der Waals surface area contributed by atoms with Crippen LogP contribution in [0.15, 0.2) is 34.1 Å². The highest BCUT2D eigenvalue weighted by Gasteiger charge is 2.21. The summed E-state index contributed by atoms with van der Waals surface area (Å²) in [5.74, 6) is 0.0450. The van der Waals surface area contributed by atoms with Crippen LogP contribution in [-0.4, -0.2) is 45.5 Å². The molecule has 1 rings (SSSR count). The minimum absolute atomic E-state index is 0. The Bertz CT molecular complexity index is 609. The Labute approximate surface area is 155 Å². The Kier molecular flexibility index (Phi) is 11.4. The molecule has 8 heteroatoms. The first-order chi connectivity index (χ1) is 10.9. The molecule has 1 atom stereocenters. The van der Waals surface area contributed by atoms with E-state index in [1.54, 1.807) is 31.2 Å². The highest BCUT2D eigenvalue weighted by Crippen LogP contribution is 2.30. The molecule has 0 aliphatic carbocycles. The third-order valence-corrected chi connectivity index (χ3v) is 6.51. The zero-order valence-corrected chi connectivity index (χ0v) is 16.8. The number of benzene rings is 1. The maximum Gasteiger partial charge on any atom is 0.233 e. The summed E-state index contributed by atoms with van der Waals surface area (Å²) < 4.78 is 24.7. The zero-order chi connectivity index (χ0) is 17.3. The fraction of sp³-hybridized carbons (Fsp3) is 0.562. The molecule has 0 bridgehead atoms. The number of carbonyl (C=O) groups is 1. The van der Waals surface area contributed by atoms with Gasteiger partial charge in [-0.2, -0.15) is 0 Å². The van der Waals surface area contributed by atoms with E-state index in [2.05, 4.69) is 10.6 Å². The van der Waals surface area contributed by atoms with Gasteiger partial charge < -0.3 is 10.6 Å². The first-order valence-electron chi connectivity index (χ1n) is 7.83. The Morgan fingerprint density at radius 3 is 2.54 bits per heavy atom. The van der Waals surface area contributed by atoms with Crippen LogP contribution in [0.3, 0.4) is 0 Å². The van der Waals surface area contributed by atoms with Gasteiger partial charge in [0.1, 0.15) is 0 Å². The molecule has 0 fully saturated rings. The van der Waals surface area contributed by atoms with E-state index in [1.165, 1.54) is 11.8 Å². The number of rotatable bonds is 10. The van der Waals surface area contributed by atoms with E-state index < -0.39 is 9.84 Å². The fourth-order valence-electron chi connectivity index (χ4n) is 2.05. The van der Waals surface area contributed by atoms with E-state index in [9.17, 15) is 13.2 Å². The molecule has 2 N–H and O–H groups in total. The Morgan fingerprint density at radius 2 is 1.92 bits per heavy atom. The molecule has 0 heterocycles. The van der Waals surface area contributed by atoms with Crippen LogP contribution in [0, 0.1) is 0 Å². The number of halogens is 1. The van der Waals surface area contributed by atoms with Crippen LogP contribution in [-0.2, 0) is 14.6 Å². The number of nitrogens with one attached hydrogen (secondary N) is 2. The molecule has 5 nitrogen and oxygen atoms in total. The predicted molar refractivity (Wildman–Crippen MR) is 103 cm³/mol. The van der Waals surface area contributed by atoms with E-state index in [4.69, 9.17) is 0 Å². The highest BCUT2D eigenvalue weighted by molar-refractivity contribution is 8.01. The third-order valence-electron chi connectivity index (χ3n) is 3.23. The smallest absolute Gasteiger partial charge is 0.233 e. The highest BCUT2D eigenvalue weighted by atomic mass is 35.5. The number of carbonyl (C=O) groups excluding carboxylic acids is 1. The molecule has 1 aromatic carbocycles. The monoisotopic (exact) mass is 394 g/mol. The lowest BCUT2D eigenvalue weighted by molar-refractivity contribution is -0.120. The van der Waals surface area contributed by atoms with Gasteiger partial charge in [-0.1, -0.05) is 19.1 Å². The van der Waals surface area contributed by atoms with E-state index >= 15 is 0 Å². The number of sulfone groups is 1. The molecule has 24 heavy (non-hydrogen) atoms. The van der Waals surface area contributed by atoms with Crippen molar-refractivity contribution in [2.45, 2.75) is 41.7 Å². The summed E-state index contributed by atoms with van der Waals surface area (Å²) in [6.07, 6.45) is 1.43. The lowest BCUT2D eigenvalue weighted by Gasteiger charge is -2.14. The summed E-state index contributed by atoms with van der Waals surface area (Å²) in [5, 5.41) is 5.55. The van der Waals surface area contributed by atoms with Crippen LogP contribution in [0.4, 0.5) is 0 Å². The lowest BCUT2D eigenvalue weighted by atomic mass is 10.4. The van der Waals surface area contributed by atoms with Crippen molar-refractivity contribution in [3.8, 4) is 0 Å². The summed E-state index contributed by atoms with van der Waals surface area (Å²) in [5.41, 5.74) is 0. The van der Waals surface area contributed by atoms with Crippen LogP contribution in [0.2, 0.25) is 0 Å². The average Bonchev–Trinajstić information content (AvgIpc) is 2.51. The van der Waals surface area contributed by atoms with Crippen molar-refractivity contribution < 1.29 is 13.2 Å². The van der Waals surface area contributed by atoms with Gasteiger partial charge in [-0.3, -0.25) is 4.79 Å². The van der Waals surface area contributed by atoms with Gasteiger partial charge in [0.15, 0.2) is 9.84 Å². The van der Waals surface area contributed by atoms with Gasteiger partial charge in [0.25, 0.3) is 0 Å². The van der Waals surface area contributed by atoms with Crippen molar-refractivity contribution in [1.82, 2.24) is 10.6 Å². The molecule has 0 aliphatic rings. The molecular weight excluding hydrogens is 368 g/mol. The fourth-order valence-corrected chi connectivity index (χ4v) is 4.90. The lowest BCUT2D eigenvalue weighted by Crippen LogP contribution is -2.32. The molecule has 0 saturated heterocycles. The number of hydrogen-bond acceptors (Lipinski definition) is 5. The maximum absolute atomic E-state index is 12.3. The van der Waals surface area contributed by atoms with Gasteiger partial charge >= 0.3 is 0 Å². The number of hydrogen-bond donors (Lipinski definition) is 2. The van der Waals surface area contributed by atoms with Crippen LogP contribution in [0.1, 0.15) is 26.7 Å². The van der Waals surface area contributed by atoms with Crippen molar-refractivity contribution in [1.29, 1.82) is 0 Å². The molecule has 0 aromatic heterocycles. The molecule has 0 spiro atoms. The van der Waals surface area contributed by atoms with Crippen LogP contribution in [0.5, 0.6) is 0 Å². The maximum atomic E-state index is 12.3. The second-order valence-electron chi connectivity index (χ2n) is 5.27. The van der Waals surface area contributed by atoms with Gasteiger partial charge in [0, 0.05) is 11.4 Å². The second kappa shape index (κ2) is 11.7. The minimum Gasteiger partial charge on any atom is -0.355 e. The van der Waals surface area contributed by atoms with E-state index in [0.717, 1.165) is 13.0 Å². The van der Waals surface area contributed by atoms with Crippen molar-refractivity contribution >= 4 is 39.9 Å². The summed E-state index contributed by atoms with van der Waals surface area (Å²) in [6.45, 7) is 5.09. The average molecular weight is 395 g/mol. The number of amides is 1. The zero-order valence-electron chi connectivity index (χ0n) is 14.4. The second-order valence-corrected chi connectivity index (χ2v) is 8.73. The standard InChI is InChI=1S/C16H26N2O3S2.ClH/c1-4-12-23(20,21)15-9-6-5-8-14(15)22-13(2)16(19)18-11-7-10-17-3;/h5-6,8-9,13,17H,4,7,10-12H2,1-3H3,(H,18,19);1H. The molecule has 1 amide bonds. The van der Waals surface area contributed by atoms with E-state index in [1.807, 2.05) is 14.0 Å². The van der Waals surface area contributed by atoms with Crippen molar-refractivity contribution in [2.24, 2.45) is 0 Å². The first kappa shape index (κ1) is 23.2. The Hall–Kier alpha value is -0.760. The Balaban J connectivity index is 0.00000529. The first-order valence-corrected chi connectivity index (χ1v) is 10.4. The summed E-state index contributed by atoms with van der Waals surface area (Å²) >= 11 is 1.29. The van der Waals surface area contributed by atoms with E-state index in [-0.39, 0.29) is 29.3 Å². The summed E-state index contributed by atoms with van der Waals surface area (Å²) in [7, 11) is -1.43. The molecule has 1 aromatic rings. The Morgan fingerprint density at radius 1 is 1.25 bits per heavy atom. The molecule has 0 radical (unpaired) electrons. The quantitative estimate of drug-likeness (QED) is 0.471. The van der Waals surface area contributed by atoms with Crippen molar-refractivity contribution in [2.75, 3.05) is 25.9 Å². The molecule has 0 saturated carbocycles. The molecule has 0 aliphatic heterocycles. The van der Waals surface area contributed by atoms with Crippen LogP contribution < -0.4 is 10.6 Å². The topological polar surface area (TPSA) is 75.3 Å². The van der Waals surface area contributed by atoms with Crippen LogP contribution in [0.25, 0.3) is 0 Å². The third kappa shape index (κ3) is 7.42. The predicted octanol–water partition coefficient (Wildman–Crippen LogP) is 2.50. The van der Waals surface area contributed by atoms with Gasteiger partial charge in [0.05, 0.1) is 15.9 Å². The van der Waals surface area contributed by atoms with Gasteiger partial charge in [0.2, 0.25) is 5.91 Å². The van der Waals surface area contributed by atoms with Crippen molar-refractivity contribution in [3.05, 3.63) is 24.3 Å². The van der Waals surface area contributed by atoms with E-state index in [0.29, 0.717) is 22.8 Å². The number of thioether (sulfide) groups is 1.